The van der Waals surface area contributed by atoms with Gasteiger partial charge in [0.1, 0.15) is 0 Å². The van der Waals surface area contributed by atoms with Crippen LogP contribution in [0.15, 0.2) is 58.3 Å². The normalized spacial score (nSPS) is 14.9. The van der Waals surface area contributed by atoms with Crippen molar-refractivity contribution in [1.29, 1.82) is 0 Å². The van der Waals surface area contributed by atoms with Crippen LogP contribution in [0.2, 0.25) is 0 Å². The van der Waals surface area contributed by atoms with E-state index in [9.17, 15) is 19.2 Å². The lowest BCUT2D eigenvalue weighted by atomic mass is 10.2. The monoisotopic (exact) mass is 590 g/mol. The summed E-state index contributed by atoms with van der Waals surface area (Å²) in [6.45, 7) is 2.71. The number of hydrogen-bond acceptors (Lipinski definition) is 8. The molecular weight excluding hydrogens is 561 g/mol. The Morgan fingerprint density at radius 3 is 1.55 bits per heavy atom. The highest BCUT2D eigenvalue weighted by Crippen LogP contribution is 2.28. The van der Waals surface area contributed by atoms with Crippen LogP contribution in [0, 0.1) is 0 Å². The highest BCUT2D eigenvalue weighted by Gasteiger charge is 2.25. The van der Waals surface area contributed by atoms with Crippen molar-refractivity contribution < 1.29 is 19.2 Å². The van der Waals surface area contributed by atoms with Crippen LogP contribution < -0.4 is 10.6 Å². The number of amides is 4. The summed E-state index contributed by atoms with van der Waals surface area (Å²) in [4.78, 5) is 55.4. The first-order valence-electron chi connectivity index (χ1n) is 12.3. The van der Waals surface area contributed by atoms with Crippen molar-refractivity contribution in [2.45, 2.75) is 22.9 Å². The molecule has 12 heteroatoms. The molecule has 0 aromatic heterocycles. The van der Waals surface area contributed by atoms with Gasteiger partial charge in [-0.3, -0.25) is 19.2 Å². The van der Waals surface area contributed by atoms with Gasteiger partial charge in [-0.1, -0.05) is 58.0 Å². The molecule has 0 saturated carbocycles. The molecule has 0 spiro atoms. The Bertz CT molecular complexity index is 1080. The van der Waals surface area contributed by atoms with Crippen molar-refractivity contribution >= 4 is 68.7 Å². The van der Waals surface area contributed by atoms with Crippen LogP contribution in [0.5, 0.6) is 0 Å². The number of hydrogen-bond donors (Lipinski definition) is 2. The molecule has 202 valence electrons. The van der Waals surface area contributed by atoms with Crippen molar-refractivity contribution in [1.82, 2.24) is 20.4 Å². The molecule has 0 aliphatic carbocycles. The number of fused-ring (bicyclic) bond motifs is 2. The molecule has 8 nitrogen and oxygen atoms in total. The molecule has 2 aromatic carbocycles. The van der Waals surface area contributed by atoms with E-state index in [1.54, 1.807) is 54.9 Å². The SMILES string of the molecule is O=C(NCCSSCCNC(=O)C(=O)N1CCSc2ccccc2C1)C(=O)N1CCSc2ccccc2C1. The first-order chi connectivity index (χ1) is 18.5. The molecule has 2 heterocycles. The first kappa shape index (κ1) is 28.7. The number of rotatable bonds is 7. The van der Waals surface area contributed by atoms with Crippen LogP contribution in [0.1, 0.15) is 11.1 Å². The molecule has 2 aliphatic heterocycles. The van der Waals surface area contributed by atoms with Gasteiger partial charge in [-0.05, 0) is 23.3 Å². The van der Waals surface area contributed by atoms with E-state index in [0.717, 1.165) is 32.4 Å². The Hall–Kier alpha value is -2.28. The Balaban J connectivity index is 1.07. The zero-order valence-electron chi connectivity index (χ0n) is 20.9. The van der Waals surface area contributed by atoms with Crippen LogP contribution in [-0.2, 0) is 32.3 Å². The average molecular weight is 591 g/mol. The predicted octanol–water partition coefficient (Wildman–Crippen LogP) is 2.87. The summed E-state index contributed by atoms with van der Waals surface area (Å²) in [6.07, 6.45) is 0. The fourth-order valence-electron chi connectivity index (χ4n) is 3.97. The summed E-state index contributed by atoms with van der Waals surface area (Å²) in [5.41, 5.74) is 2.13. The lowest BCUT2D eigenvalue weighted by Crippen LogP contribution is -2.43. The number of thioether (sulfide) groups is 2. The average Bonchev–Trinajstić information content (AvgIpc) is 3.29. The molecule has 2 aromatic rings. The van der Waals surface area contributed by atoms with E-state index in [0.29, 0.717) is 50.8 Å². The summed E-state index contributed by atoms with van der Waals surface area (Å²) in [5.74, 6) is 0.601. The van der Waals surface area contributed by atoms with Gasteiger partial charge in [-0.2, -0.15) is 0 Å². The largest absolute Gasteiger partial charge is 0.347 e. The lowest BCUT2D eigenvalue weighted by Gasteiger charge is -2.20. The van der Waals surface area contributed by atoms with E-state index in [-0.39, 0.29) is 0 Å². The van der Waals surface area contributed by atoms with Crippen molar-refractivity contribution in [2.24, 2.45) is 0 Å². The van der Waals surface area contributed by atoms with Gasteiger partial charge in [-0.25, -0.2) is 0 Å². The molecular formula is C26H30N4O4S4. The molecule has 0 radical (unpaired) electrons. The summed E-state index contributed by atoms with van der Waals surface area (Å²) in [5, 5.41) is 5.41. The molecule has 0 unspecified atom stereocenters. The lowest BCUT2D eigenvalue weighted by molar-refractivity contribution is -0.146. The second-order valence-corrected chi connectivity index (χ2v) is 13.5. The molecule has 38 heavy (non-hydrogen) atoms. The standard InChI is InChI=1S/C26H30N4O4S4/c31-23(25(33)29-11-15-35-21-7-3-1-5-19(21)17-29)27-9-13-37-38-14-10-28-24(32)26(34)30-12-16-36-22-8-4-2-6-20(22)18-30/h1-8H,9-18H2,(H,27,31)(H,28,32). The van der Waals surface area contributed by atoms with E-state index >= 15 is 0 Å². The zero-order valence-corrected chi connectivity index (χ0v) is 24.1. The second kappa shape index (κ2) is 14.8. The van der Waals surface area contributed by atoms with Crippen LogP contribution in [0.3, 0.4) is 0 Å². The van der Waals surface area contributed by atoms with Gasteiger partial charge in [-0.15, -0.1) is 23.5 Å². The molecule has 0 saturated heterocycles. The summed E-state index contributed by atoms with van der Waals surface area (Å²) in [6, 6.07) is 15.9. The topological polar surface area (TPSA) is 98.8 Å². The molecule has 2 aliphatic rings. The second-order valence-electron chi connectivity index (χ2n) is 8.52. The Labute approximate surface area is 239 Å². The van der Waals surface area contributed by atoms with E-state index in [2.05, 4.69) is 10.6 Å². The quantitative estimate of drug-likeness (QED) is 0.289. The zero-order chi connectivity index (χ0) is 26.7. The summed E-state index contributed by atoms with van der Waals surface area (Å²) >= 11 is 3.40. The summed E-state index contributed by atoms with van der Waals surface area (Å²) < 4.78 is 0. The Kier molecular flexibility index (Phi) is 11.2. The van der Waals surface area contributed by atoms with Gasteiger partial charge in [0.25, 0.3) is 0 Å². The van der Waals surface area contributed by atoms with E-state index in [1.165, 1.54) is 0 Å². The first-order valence-corrected chi connectivity index (χ1v) is 16.8. The van der Waals surface area contributed by atoms with Gasteiger partial charge in [0.15, 0.2) is 0 Å². The number of benzene rings is 2. The van der Waals surface area contributed by atoms with E-state index in [1.807, 2.05) is 48.5 Å². The van der Waals surface area contributed by atoms with Crippen molar-refractivity contribution in [2.75, 3.05) is 49.2 Å². The van der Waals surface area contributed by atoms with E-state index in [4.69, 9.17) is 0 Å². The van der Waals surface area contributed by atoms with E-state index < -0.39 is 23.6 Å². The molecule has 0 fully saturated rings. The highest BCUT2D eigenvalue weighted by atomic mass is 33.1. The Morgan fingerprint density at radius 2 is 1.11 bits per heavy atom. The van der Waals surface area contributed by atoms with Gasteiger partial charge in [0, 0.05) is 72.1 Å². The third-order valence-electron chi connectivity index (χ3n) is 5.89. The smallest absolute Gasteiger partial charge is 0.312 e. The van der Waals surface area contributed by atoms with Crippen molar-refractivity contribution in [3.05, 3.63) is 59.7 Å². The molecule has 4 rings (SSSR count). The molecule has 4 amide bonds. The van der Waals surface area contributed by atoms with Gasteiger partial charge in [0.2, 0.25) is 0 Å². The molecule has 0 bridgehead atoms. The Morgan fingerprint density at radius 1 is 0.684 bits per heavy atom. The fraction of sp³-hybridized carbons (Fsp3) is 0.385. The van der Waals surface area contributed by atoms with Crippen LogP contribution in [-0.4, -0.2) is 82.6 Å². The van der Waals surface area contributed by atoms with Crippen molar-refractivity contribution in [3.63, 3.8) is 0 Å². The minimum atomic E-state index is -0.583. The molecule has 2 N–H and O–H groups in total. The summed E-state index contributed by atoms with van der Waals surface area (Å²) in [7, 11) is 3.09. The number of nitrogens with one attached hydrogen (secondary N) is 2. The molecule has 0 atom stereocenters. The highest BCUT2D eigenvalue weighted by molar-refractivity contribution is 8.76. The van der Waals surface area contributed by atoms with Gasteiger partial charge >= 0.3 is 23.6 Å². The van der Waals surface area contributed by atoms with Crippen LogP contribution >= 0.6 is 45.1 Å². The number of nitrogens with zero attached hydrogens (tertiary/aromatic N) is 2. The van der Waals surface area contributed by atoms with Gasteiger partial charge in [0.05, 0.1) is 0 Å². The van der Waals surface area contributed by atoms with Crippen LogP contribution in [0.4, 0.5) is 0 Å². The number of carbonyl (C=O) groups excluding carboxylic acids is 4. The third kappa shape index (κ3) is 8.11. The minimum absolute atomic E-state index is 0.376. The minimum Gasteiger partial charge on any atom is -0.347 e. The van der Waals surface area contributed by atoms with Gasteiger partial charge < -0.3 is 20.4 Å². The fourth-order valence-corrected chi connectivity index (χ4v) is 7.83. The predicted molar refractivity (Wildman–Crippen MR) is 156 cm³/mol. The maximum absolute atomic E-state index is 12.6. The number of carbonyl (C=O) groups is 4. The van der Waals surface area contributed by atoms with Crippen molar-refractivity contribution in [3.8, 4) is 0 Å². The third-order valence-corrected chi connectivity index (χ3v) is 10.5. The maximum Gasteiger partial charge on any atom is 0.312 e. The maximum atomic E-state index is 12.6. The van der Waals surface area contributed by atoms with Crippen LogP contribution in [0.25, 0.3) is 0 Å².